The van der Waals surface area contributed by atoms with Crippen LogP contribution in [0, 0.1) is 5.92 Å². The fourth-order valence-corrected chi connectivity index (χ4v) is 4.00. The van der Waals surface area contributed by atoms with Gasteiger partial charge in [-0.05, 0) is 63.9 Å². The van der Waals surface area contributed by atoms with Crippen LogP contribution in [0.1, 0.15) is 51.1 Å². The molecule has 1 N–H and O–H groups in total. The SMILES string of the molecule is CCNC(c1ccccc1Cl)C1(N(C)C)CCC(C)CC1. The molecule has 1 aliphatic carbocycles. The fourth-order valence-electron chi connectivity index (χ4n) is 3.76. The van der Waals surface area contributed by atoms with E-state index < -0.39 is 0 Å². The summed E-state index contributed by atoms with van der Waals surface area (Å²) in [5.41, 5.74) is 1.40. The van der Waals surface area contributed by atoms with Crippen molar-refractivity contribution in [1.29, 1.82) is 0 Å². The first-order chi connectivity index (χ1) is 10.0. The Hall–Kier alpha value is -0.570. The molecular formula is C18H29ClN2. The van der Waals surface area contributed by atoms with Gasteiger partial charge in [0.05, 0.1) is 6.04 Å². The summed E-state index contributed by atoms with van der Waals surface area (Å²) in [5, 5.41) is 4.60. The van der Waals surface area contributed by atoms with Crippen molar-refractivity contribution in [1.82, 2.24) is 10.2 Å². The summed E-state index contributed by atoms with van der Waals surface area (Å²) in [6.45, 7) is 5.51. The molecule has 1 saturated carbocycles. The summed E-state index contributed by atoms with van der Waals surface area (Å²) in [4.78, 5) is 2.43. The normalized spacial score (nSPS) is 27.8. The van der Waals surface area contributed by atoms with E-state index in [2.05, 4.69) is 50.3 Å². The average molecular weight is 309 g/mol. The molecule has 1 aliphatic rings. The van der Waals surface area contributed by atoms with Gasteiger partial charge in [-0.1, -0.05) is 43.6 Å². The molecule has 0 amide bonds. The molecule has 0 radical (unpaired) electrons. The predicted octanol–water partition coefficient (Wildman–Crippen LogP) is 4.50. The summed E-state index contributed by atoms with van der Waals surface area (Å²) in [6.07, 6.45) is 5.04. The van der Waals surface area contributed by atoms with Crippen LogP contribution in [0.3, 0.4) is 0 Å². The molecular weight excluding hydrogens is 280 g/mol. The summed E-state index contributed by atoms with van der Waals surface area (Å²) in [7, 11) is 4.44. The van der Waals surface area contributed by atoms with Crippen LogP contribution in [0.2, 0.25) is 5.02 Å². The van der Waals surface area contributed by atoms with Gasteiger partial charge in [-0.2, -0.15) is 0 Å². The van der Waals surface area contributed by atoms with Crippen molar-refractivity contribution < 1.29 is 0 Å². The minimum Gasteiger partial charge on any atom is -0.309 e. The molecule has 118 valence electrons. The van der Waals surface area contributed by atoms with E-state index in [0.29, 0.717) is 6.04 Å². The minimum atomic E-state index is 0.160. The third-order valence-corrected chi connectivity index (χ3v) is 5.54. The van der Waals surface area contributed by atoms with E-state index in [1.54, 1.807) is 0 Å². The van der Waals surface area contributed by atoms with Crippen LogP contribution in [0.4, 0.5) is 0 Å². The smallest absolute Gasteiger partial charge is 0.0521 e. The van der Waals surface area contributed by atoms with E-state index in [1.165, 1.54) is 31.2 Å². The maximum atomic E-state index is 6.51. The number of likely N-dealkylation sites (N-methyl/N-ethyl adjacent to an activating group) is 2. The molecule has 2 nitrogen and oxygen atoms in total. The molecule has 2 rings (SSSR count). The zero-order valence-corrected chi connectivity index (χ0v) is 14.6. The number of halogens is 1. The van der Waals surface area contributed by atoms with Gasteiger partial charge in [0, 0.05) is 10.6 Å². The van der Waals surface area contributed by atoms with Crippen LogP contribution < -0.4 is 5.32 Å². The zero-order valence-electron chi connectivity index (χ0n) is 13.8. The van der Waals surface area contributed by atoms with Gasteiger partial charge < -0.3 is 10.2 Å². The molecule has 0 spiro atoms. The minimum absolute atomic E-state index is 0.160. The van der Waals surface area contributed by atoms with Crippen molar-refractivity contribution in [2.45, 2.75) is 51.1 Å². The highest BCUT2D eigenvalue weighted by Crippen LogP contribution is 2.44. The lowest BCUT2D eigenvalue weighted by Gasteiger charge is -2.50. The Labute approximate surface area is 134 Å². The second-order valence-electron chi connectivity index (χ2n) is 6.69. The molecule has 21 heavy (non-hydrogen) atoms. The molecule has 1 unspecified atom stereocenters. The van der Waals surface area contributed by atoms with Crippen LogP contribution in [0.25, 0.3) is 0 Å². The van der Waals surface area contributed by atoms with Gasteiger partial charge in [-0.3, -0.25) is 0 Å². The number of nitrogens with zero attached hydrogens (tertiary/aromatic N) is 1. The first kappa shape index (κ1) is 16.8. The Morgan fingerprint density at radius 2 is 1.90 bits per heavy atom. The summed E-state index contributed by atoms with van der Waals surface area (Å²) in [6, 6.07) is 8.59. The molecule has 1 fully saturated rings. The van der Waals surface area contributed by atoms with Gasteiger partial charge in [-0.15, -0.1) is 0 Å². The molecule has 0 aliphatic heterocycles. The number of hydrogen-bond donors (Lipinski definition) is 1. The molecule has 1 aromatic rings. The Balaban J connectivity index is 2.40. The van der Waals surface area contributed by atoms with Crippen LogP contribution >= 0.6 is 11.6 Å². The van der Waals surface area contributed by atoms with Crippen molar-refractivity contribution in [3.63, 3.8) is 0 Å². The van der Waals surface area contributed by atoms with E-state index in [9.17, 15) is 0 Å². The van der Waals surface area contributed by atoms with Gasteiger partial charge in [-0.25, -0.2) is 0 Å². The highest BCUT2D eigenvalue weighted by molar-refractivity contribution is 6.31. The lowest BCUT2D eigenvalue weighted by Crippen LogP contribution is -2.55. The van der Waals surface area contributed by atoms with Crippen LogP contribution in [-0.4, -0.2) is 31.1 Å². The monoisotopic (exact) mass is 308 g/mol. The van der Waals surface area contributed by atoms with Gasteiger partial charge in [0.2, 0.25) is 0 Å². The average Bonchev–Trinajstić information content (AvgIpc) is 2.47. The third-order valence-electron chi connectivity index (χ3n) is 5.19. The van der Waals surface area contributed by atoms with Gasteiger partial charge in [0.25, 0.3) is 0 Å². The first-order valence-electron chi connectivity index (χ1n) is 8.16. The molecule has 0 heterocycles. The highest BCUT2D eigenvalue weighted by atomic mass is 35.5. The van der Waals surface area contributed by atoms with Crippen molar-refractivity contribution in [2.75, 3.05) is 20.6 Å². The lowest BCUT2D eigenvalue weighted by molar-refractivity contribution is 0.0434. The van der Waals surface area contributed by atoms with Gasteiger partial charge >= 0.3 is 0 Å². The van der Waals surface area contributed by atoms with Gasteiger partial charge in [0.15, 0.2) is 0 Å². The van der Waals surface area contributed by atoms with E-state index in [1.807, 2.05) is 12.1 Å². The molecule has 0 bridgehead atoms. The maximum Gasteiger partial charge on any atom is 0.0521 e. The second-order valence-corrected chi connectivity index (χ2v) is 7.10. The number of hydrogen-bond acceptors (Lipinski definition) is 2. The first-order valence-corrected chi connectivity index (χ1v) is 8.54. The van der Waals surface area contributed by atoms with Crippen LogP contribution in [0.5, 0.6) is 0 Å². The van der Waals surface area contributed by atoms with Gasteiger partial charge in [0.1, 0.15) is 0 Å². The Bertz CT molecular complexity index is 450. The van der Waals surface area contributed by atoms with Crippen LogP contribution in [0.15, 0.2) is 24.3 Å². The van der Waals surface area contributed by atoms with Crippen molar-refractivity contribution in [2.24, 2.45) is 5.92 Å². The Morgan fingerprint density at radius 3 is 2.43 bits per heavy atom. The Morgan fingerprint density at radius 1 is 1.29 bits per heavy atom. The zero-order chi connectivity index (χ0) is 15.5. The molecule has 3 heteroatoms. The van der Waals surface area contributed by atoms with Crippen molar-refractivity contribution >= 4 is 11.6 Å². The quantitative estimate of drug-likeness (QED) is 0.861. The molecule has 1 atom stereocenters. The van der Waals surface area contributed by atoms with E-state index in [0.717, 1.165) is 17.5 Å². The number of rotatable bonds is 5. The Kier molecular flexibility index (Phi) is 5.70. The lowest BCUT2D eigenvalue weighted by atomic mass is 9.70. The van der Waals surface area contributed by atoms with Crippen LogP contribution in [-0.2, 0) is 0 Å². The largest absolute Gasteiger partial charge is 0.309 e. The number of benzene rings is 1. The molecule has 0 saturated heterocycles. The molecule has 0 aromatic heterocycles. The predicted molar refractivity (Wildman–Crippen MR) is 91.9 cm³/mol. The summed E-state index contributed by atoms with van der Waals surface area (Å²) >= 11 is 6.51. The summed E-state index contributed by atoms with van der Waals surface area (Å²) in [5.74, 6) is 0.839. The van der Waals surface area contributed by atoms with Crippen molar-refractivity contribution in [3.05, 3.63) is 34.9 Å². The van der Waals surface area contributed by atoms with E-state index in [4.69, 9.17) is 11.6 Å². The van der Waals surface area contributed by atoms with E-state index >= 15 is 0 Å². The fraction of sp³-hybridized carbons (Fsp3) is 0.667. The standard InChI is InChI=1S/C18H29ClN2/c1-5-20-17(15-8-6-7-9-16(15)19)18(21(3)4)12-10-14(2)11-13-18/h6-9,14,17,20H,5,10-13H2,1-4H3. The van der Waals surface area contributed by atoms with E-state index in [-0.39, 0.29) is 5.54 Å². The summed E-state index contributed by atoms with van der Waals surface area (Å²) < 4.78 is 0. The van der Waals surface area contributed by atoms with Crippen molar-refractivity contribution in [3.8, 4) is 0 Å². The topological polar surface area (TPSA) is 15.3 Å². The maximum absolute atomic E-state index is 6.51. The number of nitrogens with one attached hydrogen (secondary N) is 1. The second kappa shape index (κ2) is 7.13. The molecule has 1 aromatic carbocycles. The third kappa shape index (κ3) is 3.44. The highest BCUT2D eigenvalue weighted by Gasteiger charge is 2.43.